The Morgan fingerprint density at radius 1 is 0.912 bits per heavy atom. The molecule has 0 saturated carbocycles. The second-order valence-electron chi connectivity index (χ2n) is 7.57. The highest BCUT2D eigenvalue weighted by molar-refractivity contribution is 7.89. The minimum absolute atomic E-state index is 0.0840. The van der Waals surface area contributed by atoms with Gasteiger partial charge in [0.1, 0.15) is 11.1 Å². The molecule has 1 aliphatic rings. The van der Waals surface area contributed by atoms with Crippen molar-refractivity contribution in [2.45, 2.75) is 18.0 Å². The second-order valence-corrected chi connectivity index (χ2v) is 9.26. The summed E-state index contributed by atoms with van der Waals surface area (Å²) in [7, 11) is -3.68. The Bertz CT molecular complexity index is 1350. The van der Waals surface area contributed by atoms with E-state index in [1.807, 2.05) is 0 Å². The molecule has 34 heavy (non-hydrogen) atoms. The fourth-order valence-electron chi connectivity index (χ4n) is 3.39. The number of hydrogen-bond acceptors (Lipinski definition) is 7. The number of benzene rings is 3. The first-order chi connectivity index (χ1) is 16.2. The van der Waals surface area contributed by atoms with Crippen molar-refractivity contribution in [2.24, 2.45) is 0 Å². The Morgan fingerprint density at radius 3 is 2.24 bits per heavy atom. The third-order valence-corrected chi connectivity index (χ3v) is 6.62. The molecule has 4 rings (SSSR count). The highest BCUT2D eigenvalue weighted by Gasteiger charge is 2.29. The van der Waals surface area contributed by atoms with Crippen molar-refractivity contribution in [1.82, 2.24) is 4.72 Å². The van der Waals surface area contributed by atoms with Gasteiger partial charge >= 0.3 is 5.97 Å². The molecule has 1 amide bonds. The van der Waals surface area contributed by atoms with Crippen LogP contribution in [0.15, 0.2) is 77.7 Å². The number of amides is 1. The summed E-state index contributed by atoms with van der Waals surface area (Å²) in [6.45, 7) is 0.957. The summed E-state index contributed by atoms with van der Waals surface area (Å²) >= 11 is 0. The summed E-state index contributed by atoms with van der Waals surface area (Å²) in [5.74, 6) is -1.31. The third-order valence-electron chi connectivity index (χ3n) is 5.14. The normalized spacial score (nSPS) is 16.0. The summed E-state index contributed by atoms with van der Waals surface area (Å²) in [4.78, 5) is 35.8. The summed E-state index contributed by atoms with van der Waals surface area (Å²) in [6, 6.07) is 19.1. The van der Waals surface area contributed by atoms with Crippen molar-refractivity contribution in [3.8, 4) is 0 Å². The summed E-state index contributed by atoms with van der Waals surface area (Å²) < 4.78 is 32.6. The lowest BCUT2D eigenvalue weighted by Gasteiger charge is -2.28. The molecule has 1 atom stereocenters. The Morgan fingerprint density at radius 2 is 1.56 bits per heavy atom. The van der Waals surface area contributed by atoms with E-state index < -0.39 is 34.7 Å². The van der Waals surface area contributed by atoms with Crippen molar-refractivity contribution < 1.29 is 27.5 Å². The van der Waals surface area contributed by atoms with Gasteiger partial charge in [0, 0.05) is 11.3 Å². The molecule has 3 aromatic carbocycles. The number of carbonyl (C=O) groups excluding carboxylic acids is 3. The van der Waals surface area contributed by atoms with E-state index in [1.54, 1.807) is 54.6 Å². The summed E-state index contributed by atoms with van der Waals surface area (Å²) in [5, 5.41) is 5.69. The zero-order chi connectivity index (χ0) is 24.3. The maximum absolute atomic E-state index is 12.5. The fourth-order valence-corrected chi connectivity index (χ4v) is 4.69. The van der Waals surface area contributed by atoms with E-state index in [0.717, 1.165) is 0 Å². The number of rotatable bonds is 6. The molecule has 0 fully saturated rings. The number of hydrogen-bond donors (Lipinski definition) is 3. The van der Waals surface area contributed by atoms with Crippen LogP contribution in [0.5, 0.6) is 0 Å². The predicted octanol–water partition coefficient (Wildman–Crippen LogP) is 3.09. The van der Waals surface area contributed by atoms with Gasteiger partial charge in [0.05, 0.1) is 11.3 Å². The van der Waals surface area contributed by atoms with Gasteiger partial charge in [0.25, 0.3) is 5.91 Å². The largest absolute Gasteiger partial charge is 0.452 e. The zero-order valence-electron chi connectivity index (χ0n) is 18.1. The summed E-state index contributed by atoms with van der Waals surface area (Å²) in [5.41, 5.74) is 2.28. The van der Waals surface area contributed by atoms with Crippen molar-refractivity contribution in [3.63, 3.8) is 0 Å². The molecule has 174 valence electrons. The SMILES string of the molecule is CC(=O)c1ccc(NC(=O)COC(=O)c2ccc([C@@H]3Nc4ccccc4S(=O)(=O)N3)cc2)cc1. The van der Waals surface area contributed by atoms with Crippen LogP contribution >= 0.6 is 0 Å². The lowest BCUT2D eigenvalue weighted by atomic mass is 10.1. The van der Waals surface area contributed by atoms with Gasteiger partial charge in [-0.05, 0) is 61.0 Å². The minimum atomic E-state index is -3.68. The maximum Gasteiger partial charge on any atom is 0.338 e. The van der Waals surface area contributed by atoms with Gasteiger partial charge in [-0.2, -0.15) is 4.72 Å². The van der Waals surface area contributed by atoms with Crippen LogP contribution in [0, 0.1) is 0 Å². The van der Waals surface area contributed by atoms with Crippen LogP contribution in [-0.4, -0.2) is 32.7 Å². The van der Waals surface area contributed by atoms with Crippen LogP contribution in [0.25, 0.3) is 0 Å². The third kappa shape index (κ3) is 5.13. The van der Waals surface area contributed by atoms with Crippen LogP contribution in [0.1, 0.15) is 39.4 Å². The Kier molecular flexibility index (Phi) is 6.44. The monoisotopic (exact) mass is 479 g/mol. The van der Waals surface area contributed by atoms with Crippen molar-refractivity contribution in [3.05, 3.63) is 89.5 Å². The van der Waals surface area contributed by atoms with E-state index in [-0.39, 0.29) is 16.2 Å². The van der Waals surface area contributed by atoms with E-state index in [4.69, 9.17) is 4.74 Å². The van der Waals surface area contributed by atoms with Gasteiger partial charge in [0.2, 0.25) is 10.0 Å². The average Bonchev–Trinajstić information content (AvgIpc) is 2.82. The first-order valence-electron chi connectivity index (χ1n) is 10.3. The zero-order valence-corrected chi connectivity index (χ0v) is 18.9. The quantitative estimate of drug-likeness (QED) is 0.366. The van der Waals surface area contributed by atoms with E-state index in [0.29, 0.717) is 22.5 Å². The number of ketones is 1. The smallest absolute Gasteiger partial charge is 0.338 e. The molecular weight excluding hydrogens is 458 g/mol. The number of anilines is 2. The topological polar surface area (TPSA) is 131 Å². The lowest BCUT2D eigenvalue weighted by Crippen LogP contribution is -2.38. The lowest BCUT2D eigenvalue weighted by molar-refractivity contribution is -0.119. The van der Waals surface area contributed by atoms with Gasteiger partial charge in [0.15, 0.2) is 12.4 Å². The highest BCUT2D eigenvalue weighted by Crippen LogP contribution is 2.30. The molecule has 10 heteroatoms. The second kappa shape index (κ2) is 9.46. The van der Waals surface area contributed by atoms with Crippen molar-refractivity contribution >= 4 is 39.1 Å². The molecule has 1 heterocycles. The fraction of sp³-hybridized carbons (Fsp3) is 0.125. The first-order valence-corrected chi connectivity index (χ1v) is 11.8. The van der Waals surface area contributed by atoms with E-state index in [1.165, 1.54) is 25.1 Å². The number of para-hydroxylation sites is 1. The molecule has 0 unspecified atom stereocenters. The van der Waals surface area contributed by atoms with Crippen LogP contribution in [-0.2, 0) is 19.6 Å². The Balaban J connectivity index is 1.34. The molecular formula is C24H21N3O6S. The number of sulfonamides is 1. The molecule has 0 aliphatic carbocycles. The molecule has 3 N–H and O–H groups in total. The molecule has 0 saturated heterocycles. The van der Waals surface area contributed by atoms with Gasteiger partial charge in [-0.15, -0.1) is 0 Å². The number of nitrogens with one attached hydrogen (secondary N) is 3. The van der Waals surface area contributed by atoms with Gasteiger partial charge < -0.3 is 15.4 Å². The highest BCUT2D eigenvalue weighted by atomic mass is 32.2. The summed E-state index contributed by atoms with van der Waals surface area (Å²) in [6.07, 6.45) is -0.704. The minimum Gasteiger partial charge on any atom is -0.452 e. The molecule has 0 radical (unpaired) electrons. The standard InChI is InChI=1S/C24H21N3O6S/c1-15(28)16-10-12-19(13-11-16)25-22(29)14-33-24(30)18-8-6-17(7-9-18)23-26-20-4-2-3-5-21(20)34(31,32)27-23/h2-13,23,26-27H,14H2,1H3,(H,25,29)/t23-/m1/s1. The van der Waals surface area contributed by atoms with E-state index in [2.05, 4.69) is 15.4 Å². The average molecular weight is 480 g/mol. The van der Waals surface area contributed by atoms with Gasteiger partial charge in [-0.1, -0.05) is 24.3 Å². The Labute approximate surface area is 196 Å². The molecule has 9 nitrogen and oxygen atoms in total. The van der Waals surface area contributed by atoms with Crippen LogP contribution in [0.4, 0.5) is 11.4 Å². The molecule has 1 aliphatic heterocycles. The van der Waals surface area contributed by atoms with Crippen LogP contribution in [0.3, 0.4) is 0 Å². The van der Waals surface area contributed by atoms with Crippen LogP contribution < -0.4 is 15.4 Å². The molecule has 0 spiro atoms. The van der Waals surface area contributed by atoms with Crippen molar-refractivity contribution in [1.29, 1.82) is 0 Å². The van der Waals surface area contributed by atoms with Crippen LogP contribution in [0.2, 0.25) is 0 Å². The van der Waals surface area contributed by atoms with Gasteiger partial charge in [-0.3, -0.25) is 9.59 Å². The van der Waals surface area contributed by atoms with Gasteiger partial charge in [-0.25, -0.2) is 13.2 Å². The number of fused-ring (bicyclic) bond motifs is 1. The molecule has 3 aromatic rings. The number of carbonyl (C=O) groups is 3. The predicted molar refractivity (Wildman–Crippen MR) is 125 cm³/mol. The van der Waals surface area contributed by atoms with E-state index in [9.17, 15) is 22.8 Å². The molecule has 0 aromatic heterocycles. The van der Waals surface area contributed by atoms with E-state index >= 15 is 0 Å². The molecule has 0 bridgehead atoms. The number of ether oxygens (including phenoxy) is 1. The maximum atomic E-state index is 12.5. The number of Topliss-reactive ketones (excluding diaryl/α,β-unsaturated/α-hetero) is 1. The Hall–Kier alpha value is -4.02. The van der Waals surface area contributed by atoms with Crippen molar-refractivity contribution in [2.75, 3.05) is 17.2 Å². The number of esters is 1. The first kappa shape index (κ1) is 23.1.